The molecule has 0 saturated heterocycles. The number of phenolic OH excluding ortho intramolecular Hbond substituents is 1. The van der Waals surface area contributed by atoms with Crippen LogP contribution < -0.4 is 5.32 Å². The Bertz CT molecular complexity index is 654. The minimum Gasteiger partial charge on any atom is -0.508 e. The molecule has 1 spiro atoms. The summed E-state index contributed by atoms with van der Waals surface area (Å²) in [5.74, 6) is 1.28. The summed E-state index contributed by atoms with van der Waals surface area (Å²) in [7, 11) is 0. The van der Waals surface area contributed by atoms with Crippen LogP contribution in [-0.2, 0) is 6.42 Å². The molecule has 22 heavy (non-hydrogen) atoms. The van der Waals surface area contributed by atoms with Crippen molar-refractivity contribution in [3.63, 3.8) is 0 Å². The number of fused-ring (bicyclic) bond motifs is 1. The first-order chi connectivity index (χ1) is 10.8. The Kier molecular flexibility index (Phi) is 3.61. The second-order valence-corrected chi connectivity index (χ2v) is 7.32. The fourth-order valence-electron chi connectivity index (χ4n) is 4.46. The molecule has 2 saturated carbocycles. The van der Waals surface area contributed by atoms with Gasteiger partial charge in [-0.1, -0.05) is 19.3 Å². The van der Waals surface area contributed by atoms with E-state index in [1.807, 2.05) is 12.1 Å². The van der Waals surface area contributed by atoms with E-state index in [2.05, 4.69) is 16.5 Å². The predicted octanol–water partition coefficient (Wildman–Crippen LogP) is 3.98. The maximum Gasteiger partial charge on any atom is 0.116 e. The van der Waals surface area contributed by atoms with Gasteiger partial charge in [0.25, 0.3) is 0 Å². The topological polar surface area (TPSA) is 48.0 Å². The van der Waals surface area contributed by atoms with E-state index in [9.17, 15) is 5.11 Å². The Morgan fingerprint density at radius 1 is 1.23 bits per heavy atom. The molecule has 1 aromatic carbocycles. The molecular weight excluding hydrogens is 272 g/mol. The van der Waals surface area contributed by atoms with Gasteiger partial charge in [0.1, 0.15) is 5.75 Å². The van der Waals surface area contributed by atoms with Gasteiger partial charge >= 0.3 is 0 Å². The van der Waals surface area contributed by atoms with Crippen LogP contribution in [0.25, 0.3) is 10.9 Å². The molecule has 1 unspecified atom stereocenters. The number of rotatable bonds is 5. The molecule has 1 atom stereocenters. The molecule has 118 valence electrons. The van der Waals surface area contributed by atoms with Crippen LogP contribution in [-0.4, -0.2) is 23.2 Å². The third-order valence-corrected chi connectivity index (χ3v) is 5.92. The van der Waals surface area contributed by atoms with Gasteiger partial charge in [-0.05, 0) is 73.9 Å². The highest BCUT2D eigenvalue weighted by Gasteiger charge is 2.52. The molecule has 2 aliphatic carbocycles. The lowest BCUT2D eigenvalue weighted by molar-refractivity contribution is 0.304. The molecule has 3 heteroatoms. The van der Waals surface area contributed by atoms with Gasteiger partial charge in [-0.15, -0.1) is 0 Å². The molecule has 3 nitrogen and oxygen atoms in total. The fraction of sp³-hybridized carbons (Fsp3) is 0.579. The Hall–Kier alpha value is -1.48. The highest BCUT2D eigenvalue weighted by Crippen LogP contribution is 2.60. The molecule has 4 rings (SSSR count). The van der Waals surface area contributed by atoms with Gasteiger partial charge in [0, 0.05) is 17.1 Å². The van der Waals surface area contributed by atoms with Gasteiger partial charge in [-0.2, -0.15) is 0 Å². The summed E-state index contributed by atoms with van der Waals surface area (Å²) >= 11 is 0. The number of aromatic amines is 1. The summed E-state index contributed by atoms with van der Waals surface area (Å²) < 4.78 is 0. The maximum absolute atomic E-state index is 9.64. The number of hydrogen-bond acceptors (Lipinski definition) is 2. The lowest BCUT2D eigenvalue weighted by atomic mass is 9.84. The average molecular weight is 298 g/mol. The SMILES string of the molecule is Oc1ccc2[nH]cc(CCNCC3CC34CCCCC4)c2c1. The van der Waals surface area contributed by atoms with E-state index in [-0.39, 0.29) is 0 Å². The van der Waals surface area contributed by atoms with E-state index in [1.54, 1.807) is 6.07 Å². The Labute approximate surface area is 132 Å². The van der Waals surface area contributed by atoms with Crippen molar-refractivity contribution in [2.45, 2.75) is 44.9 Å². The van der Waals surface area contributed by atoms with Gasteiger partial charge in [0.15, 0.2) is 0 Å². The van der Waals surface area contributed by atoms with Crippen LogP contribution in [0.15, 0.2) is 24.4 Å². The molecule has 2 aliphatic rings. The van der Waals surface area contributed by atoms with E-state index in [0.29, 0.717) is 5.75 Å². The fourth-order valence-corrected chi connectivity index (χ4v) is 4.46. The normalized spacial score (nSPS) is 23.2. The zero-order valence-corrected chi connectivity index (χ0v) is 13.2. The second kappa shape index (κ2) is 5.62. The molecule has 0 radical (unpaired) electrons. The molecule has 1 heterocycles. The summed E-state index contributed by atoms with van der Waals surface area (Å²) in [6.07, 6.45) is 11.9. The minimum absolute atomic E-state index is 0.346. The van der Waals surface area contributed by atoms with Crippen LogP contribution in [0, 0.1) is 11.3 Å². The molecule has 1 aromatic heterocycles. The largest absolute Gasteiger partial charge is 0.508 e. The average Bonchev–Trinajstić information content (AvgIpc) is 3.02. The standard InChI is InChI=1S/C19H26N2O/c22-16-4-5-18-17(10-16)14(12-21-18)6-9-20-13-15-11-19(15)7-2-1-3-8-19/h4-5,10,12,15,20-22H,1-3,6-9,11,13H2. The monoisotopic (exact) mass is 298 g/mol. The van der Waals surface area contributed by atoms with Crippen molar-refractivity contribution in [1.29, 1.82) is 0 Å². The molecule has 0 bridgehead atoms. The van der Waals surface area contributed by atoms with Crippen molar-refractivity contribution >= 4 is 10.9 Å². The van der Waals surface area contributed by atoms with E-state index in [4.69, 9.17) is 0 Å². The highest BCUT2D eigenvalue weighted by atomic mass is 16.3. The third kappa shape index (κ3) is 2.63. The first-order valence-corrected chi connectivity index (χ1v) is 8.77. The first-order valence-electron chi connectivity index (χ1n) is 8.77. The number of aromatic nitrogens is 1. The van der Waals surface area contributed by atoms with E-state index < -0.39 is 0 Å². The molecule has 0 aliphatic heterocycles. The molecule has 2 aromatic rings. The van der Waals surface area contributed by atoms with Gasteiger partial charge in [-0.3, -0.25) is 0 Å². The number of aromatic hydroxyl groups is 1. The Balaban J connectivity index is 1.27. The van der Waals surface area contributed by atoms with Gasteiger partial charge in [0.2, 0.25) is 0 Å². The quantitative estimate of drug-likeness (QED) is 0.731. The van der Waals surface area contributed by atoms with Crippen LogP contribution >= 0.6 is 0 Å². The third-order valence-electron chi connectivity index (χ3n) is 5.92. The lowest BCUT2D eigenvalue weighted by Gasteiger charge is -2.22. The number of benzene rings is 1. The van der Waals surface area contributed by atoms with Crippen LogP contribution in [0.1, 0.15) is 44.1 Å². The molecular formula is C19H26N2O. The van der Waals surface area contributed by atoms with Crippen LogP contribution in [0.5, 0.6) is 5.75 Å². The minimum atomic E-state index is 0.346. The zero-order valence-electron chi connectivity index (χ0n) is 13.2. The lowest BCUT2D eigenvalue weighted by Crippen LogP contribution is -2.23. The Morgan fingerprint density at radius 3 is 2.95 bits per heavy atom. The van der Waals surface area contributed by atoms with Crippen molar-refractivity contribution in [1.82, 2.24) is 10.3 Å². The molecule has 3 N–H and O–H groups in total. The summed E-state index contributed by atoms with van der Waals surface area (Å²) in [6.45, 7) is 2.21. The highest BCUT2D eigenvalue weighted by molar-refractivity contribution is 5.84. The van der Waals surface area contributed by atoms with Crippen molar-refractivity contribution < 1.29 is 5.11 Å². The number of H-pyrrole nitrogens is 1. The van der Waals surface area contributed by atoms with Crippen LogP contribution in [0.4, 0.5) is 0 Å². The van der Waals surface area contributed by atoms with Crippen molar-refractivity contribution in [3.8, 4) is 5.75 Å². The van der Waals surface area contributed by atoms with Gasteiger partial charge in [-0.25, -0.2) is 0 Å². The van der Waals surface area contributed by atoms with Gasteiger partial charge in [0.05, 0.1) is 0 Å². The second-order valence-electron chi connectivity index (χ2n) is 7.32. The zero-order chi connectivity index (χ0) is 15.0. The summed E-state index contributed by atoms with van der Waals surface area (Å²) in [6, 6.07) is 5.54. The predicted molar refractivity (Wildman–Crippen MR) is 90.2 cm³/mol. The molecule has 0 amide bonds. The maximum atomic E-state index is 9.64. The van der Waals surface area contributed by atoms with Crippen LogP contribution in [0.3, 0.4) is 0 Å². The van der Waals surface area contributed by atoms with E-state index in [1.165, 1.54) is 50.6 Å². The number of hydrogen-bond donors (Lipinski definition) is 3. The summed E-state index contributed by atoms with van der Waals surface area (Å²) in [5, 5.41) is 14.4. The van der Waals surface area contributed by atoms with Crippen molar-refractivity contribution in [2.24, 2.45) is 11.3 Å². The van der Waals surface area contributed by atoms with E-state index in [0.717, 1.165) is 35.2 Å². The van der Waals surface area contributed by atoms with Crippen molar-refractivity contribution in [3.05, 3.63) is 30.0 Å². The van der Waals surface area contributed by atoms with Crippen molar-refractivity contribution in [2.75, 3.05) is 13.1 Å². The number of nitrogens with one attached hydrogen (secondary N) is 2. The van der Waals surface area contributed by atoms with Gasteiger partial charge < -0.3 is 15.4 Å². The van der Waals surface area contributed by atoms with E-state index >= 15 is 0 Å². The summed E-state index contributed by atoms with van der Waals surface area (Å²) in [4.78, 5) is 3.29. The van der Waals surface area contributed by atoms with Crippen LogP contribution in [0.2, 0.25) is 0 Å². The Morgan fingerprint density at radius 2 is 2.09 bits per heavy atom. The first kappa shape index (κ1) is 14.1. The summed E-state index contributed by atoms with van der Waals surface area (Å²) in [5.41, 5.74) is 3.13. The molecule has 2 fully saturated rings. The number of phenols is 1. The smallest absolute Gasteiger partial charge is 0.116 e.